The highest BCUT2D eigenvalue weighted by Gasteiger charge is 2.29. The summed E-state index contributed by atoms with van der Waals surface area (Å²) in [4.78, 5) is 50.6. The molecule has 0 unspecified atom stereocenters. The maximum absolute atomic E-state index is 14.2. The van der Waals surface area contributed by atoms with Crippen molar-refractivity contribution in [1.82, 2.24) is 19.4 Å². The number of hydrogen-bond acceptors (Lipinski definition) is 6. The van der Waals surface area contributed by atoms with Gasteiger partial charge in [-0.3, -0.25) is 19.0 Å². The fraction of sp³-hybridized carbons (Fsp3) is 0.481. The van der Waals surface area contributed by atoms with Crippen molar-refractivity contribution in [3.8, 4) is 0 Å². The molecule has 10 heteroatoms. The summed E-state index contributed by atoms with van der Waals surface area (Å²) in [5.41, 5.74) is 0.843. The van der Waals surface area contributed by atoms with E-state index in [0.717, 1.165) is 6.42 Å². The standard InChI is InChI=1S/C27H32FN5O3S/c1-17-12-18(2)14-32(13-17)22(34)15-33-16-29-25-23(26(33)35)19(3)24(37-25)27(36)31-10-8-30(9-11-31)21-7-5-4-6-20(21)28/h4-7,16-18H,8-15H2,1-3H3/t17-,18-/m1/s1. The molecule has 0 aliphatic carbocycles. The van der Waals surface area contributed by atoms with Crippen molar-refractivity contribution >= 4 is 39.1 Å². The average Bonchev–Trinajstić information content (AvgIpc) is 3.22. The minimum absolute atomic E-state index is 0.0578. The summed E-state index contributed by atoms with van der Waals surface area (Å²) in [5.74, 6) is 0.371. The van der Waals surface area contributed by atoms with Gasteiger partial charge in [-0.05, 0) is 42.9 Å². The first-order chi connectivity index (χ1) is 17.7. The highest BCUT2D eigenvalue weighted by Crippen LogP contribution is 2.29. The molecule has 196 valence electrons. The third kappa shape index (κ3) is 4.99. The molecule has 3 aromatic rings. The lowest BCUT2D eigenvalue weighted by Gasteiger charge is -2.36. The van der Waals surface area contributed by atoms with Gasteiger partial charge in [0.05, 0.1) is 22.3 Å². The van der Waals surface area contributed by atoms with E-state index in [1.54, 1.807) is 30.0 Å². The van der Waals surface area contributed by atoms with Gasteiger partial charge in [0.25, 0.3) is 11.5 Å². The van der Waals surface area contributed by atoms with Crippen molar-refractivity contribution < 1.29 is 14.0 Å². The SMILES string of the molecule is Cc1c(C(=O)N2CCN(c3ccccc3F)CC2)sc2ncn(CC(=O)N3C[C@H](C)C[C@@H](C)C3)c(=O)c12. The lowest BCUT2D eigenvalue weighted by molar-refractivity contribution is -0.134. The normalized spacial score (nSPS) is 20.5. The van der Waals surface area contributed by atoms with Crippen LogP contribution in [0.25, 0.3) is 10.2 Å². The van der Waals surface area contributed by atoms with Crippen molar-refractivity contribution in [3.63, 3.8) is 0 Å². The van der Waals surface area contributed by atoms with Gasteiger partial charge in [0.2, 0.25) is 5.91 Å². The molecule has 8 nitrogen and oxygen atoms in total. The van der Waals surface area contributed by atoms with Gasteiger partial charge in [-0.2, -0.15) is 0 Å². The molecular weight excluding hydrogens is 493 g/mol. The highest BCUT2D eigenvalue weighted by molar-refractivity contribution is 7.20. The van der Waals surface area contributed by atoms with Crippen LogP contribution in [0.5, 0.6) is 0 Å². The van der Waals surface area contributed by atoms with Gasteiger partial charge in [0, 0.05) is 39.3 Å². The first kappa shape index (κ1) is 25.4. The number of aryl methyl sites for hydroxylation is 1. The van der Waals surface area contributed by atoms with E-state index in [4.69, 9.17) is 0 Å². The van der Waals surface area contributed by atoms with E-state index in [9.17, 15) is 18.8 Å². The van der Waals surface area contributed by atoms with Crippen molar-refractivity contribution in [2.75, 3.05) is 44.2 Å². The number of anilines is 1. The number of hydrogen-bond donors (Lipinski definition) is 0. The Labute approximate surface area is 219 Å². The Hall–Kier alpha value is -3.27. The van der Waals surface area contributed by atoms with Crippen LogP contribution in [0, 0.1) is 24.6 Å². The van der Waals surface area contributed by atoms with Crippen molar-refractivity contribution in [1.29, 1.82) is 0 Å². The Morgan fingerprint density at radius 1 is 1.05 bits per heavy atom. The van der Waals surface area contributed by atoms with Gasteiger partial charge in [0.1, 0.15) is 17.2 Å². The molecule has 2 fully saturated rings. The molecule has 2 aromatic heterocycles. The molecule has 0 bridgehead atoms. The number of carbonyl (C=O) groups is 2. The van der Waals surface area contributed by atoms with Gasteiger partial charge in [-0.25, -0.2) is 9.37 Å². The molecule has 0 spiro atoms. The lowest BCUT2D eigenvalue weighted by atomic mass is 9.92. The Morgan fingerprint density at radius 2 is 1.73 bits per heavy atom. The van der Waals surface area contributed by atoms with E-state index < -0.39 is 0 Å². The number of piperazine rings is 1. The number of rotatable bonds is 4. The zero-order chi connectivity index (χ0) is 26.3. The maximum atomic E-state index is 14.2. The van der Waals surface area contributed by atoms with Crippen LogP contribution in [0.15, 0.2) is 35.4 Å². The summed E-state index contributed by atoms with van der Waals surface area (Å²) >= 11 is 1.21. The molecule has 0 N–H and O–H groups in total. The second-order valence-electron chi connectivity index (χ2n) is 10.4. The molecule has 2 saturated heterocycles. The van der Waals surface area contributed by atoms with E-state index in [0.29, 0.717) is 77.4 Å². The molecule has 37 heavy (non-hydrogen) atoms. The van der Waals surface area contributed by atoms with E-state index in [1.165, 1.54) is 28.3 Å². The van der Waals surface area contributed by atoms with Crippen LogP contribution < -0.4 is 10.5 Å². The first-order valence-corrected chi connectivity index (χ1v) is 13.6. The van der Waals surface area contributed by atoms with Crippen LogP contribution >= 0.6 is 11.3 Å². The number of halogens is 1. The fourth-order valence-corrected chi connectivity index (χ4v) is 6.70. The van der Waals surface area contributed by atoms with E-state index in [-0.39, 0.29) is 29.7 Å². The molecule has 0 saturated carbocycles. The number of para-hydroxylation sites is 1. The number of amides is 2. The number of piperidine rings is 1. The number of fused-ring (bicyclic) bond motifs is 1. The zero-order valence-corrected chi connectivity index (χ0v) is 22.3. The molecule has 2 atom stereocenters. The summed E-state index contributed by atoms with van der Waals surface area (Å²) in [6.45, 7) is 9.37. The Kier molecular flexibility index (Phi) is 7.02. The van der Waals surface area contributed by atoms with Crippen LogP contribution in [0.3, 0.4) is 0 Å². The van der Waals surface area contributed by atoms with Crippen molar-refractivity contribution in [3.05, 3.63) is 57.2 Å². The number of benzene rings is 1. The zero-order valence-electron chi connectivity index (χ0n) is 21.4. The van der Waals surface area contributed by atoms with E-state index in [1.807, 2.05) is 9.80 Å². The van der Waals surface area contributed by atoms with Crippen LogP contribution in [-0.2, 0) is 11.3 Å². The van der Waals surface area contributed by atoms with Gasteiger partial charge >= 0.3 is 0 Å². The maximum Gasteiger partial charge on any atom is 0.264 e. The monoisotopic (exact) mass is 525 g/mol. The second-order valence-corrected chi connectivity index (χ2v) is 11.4. The Morgan fingerprint density at radius 3 is 2.41 bits per heavy atom. The summed E-state index contributed by atoms with van der Waals surface area (Å²) in [7, 11) is 0. The largest absolute Gasteiger partial charge is 0.366 e. The molecule has 2 amide bonds. The third-order valence-corrected chi connectivity index (χ3v) is 8.59. The molecule has 2 aliphatic rings. The smallest absolute Gasteiger partial charge is 0.264 e. The van der Waals surface area contributed by atoms with E-state index in [2.05, 4.69) is 18.8 Å². The van der Waals surface area contributed by atoms with Gasteiger partial charge in [-0.15, -0.1) is 11.3 Å². The summed E-state index contributed by atoms with van der Waals surface area (Å²) in [6.07, 6.45) is 2.51. The molecule has 5 rings (SSSR count). The number of likely N-dealkylation sites (tertiary alicyclic amines) is 1. The molecule has 4 heterocycles. The lowest BCUT2D eigenvalue weighted by Crippen LogP contribution is -2.49. The first-order valence-electron chi connectivity index (χ1n) is 12.8. The molecule has 0 radical (unpaired) electrons. The summed E-state index contributed by atoms with van der Waals surface area (Å²) in [6, 6.07) is 6.65. The molecule has 1 aromatic carbocycles. The predicted molar refractivity (Wildman–Crippen MR) is 143 cm³/mol. The Balaban J connectivity index is 1.32. The highest BCUT2D eigenvalue weighted by atomic mass is 32.1. The van der Waals surface area contributed by atoms with Crippen molar-refractivity contribution in [2.45, 2.75) is 33.7 Å². The summed E-state index contributed by atoms with van der Waals surface area (Å²) in [5, 5.41) is 0.397. The number of nitrogens with zero attached hydrogens (tertiary/aromatic N) is 5. The second kappa shape index (κ2) is 10.2. The third-order valence-electron chi connectivity index (χ3n) is 7.40. The Bertz CT molecular complexity index is 1380. The van der Waals surface area contributed by atoms with Crippen LogP contribution in [0.4, 0.5) is 10.1 Å². The van der Waals surface area contributed by atoms with Crippen molar-refractivity contribution in [2.24, 2.45) is 11.8 Å². The van der Waals surface area contributed by atoms with Gasteiger partial charge < -0.3 is 14.7 Å². The molecule has 2 aliphatic heterocycles. The van der Waals surface area contributed by atoms with Crippen LogP contribution in [-0.4, -0.2) is 70.4 Å². The molecular formula is C27H32FN5O3S. The number of carbonyl (C=O) groups excluding carboxylic acids is 2. The topological polar surface area (TPSA) is 78.8 Å². The van der Waals surface area contributed by atoms with Gasteiger partial charge in [-0.1, -0.05) is 26.0 Å². The van der Waals surface area contributed by atoms with E-state index >= 15 is 0 Å². The van der Waals surface area contributed by atoms with Crippen LogP contribution in [0.2, 0.25) is 0 Å². The minimum Gasteiger partial charge on any atom is -0.366 e. The quantitative estimate of drug-likeness (QED) is 0.522. The minimum atomic E-state index is -0.298. The number of aromatic nitrogens is 2. The fourth-order valence-electron chi connectivity index (χ4n) is 5.59. The van der Waals surface area contributed by atoms with Gasteiger partial charge in [0.15, 0.2) is 0 Å². The van der Waals surface area contributed by atoms with Crippen LogP contribution in [0.1, 0.15) is 35.5 Å². The number of thiophene rings is 1. The summed E-state index contributed by atoms with van der Waals surface area (Å²) < 4.78 is 15.5. The average molecular weight is 526 g/mol. The predicted octanol–water partition coefficient (Wildman–Crippen LogP) is 3.37.